The Morgan fingerprint density at radius 3 is 2.29 bits per heavy atom. The van der Waals surface area contributed by atoms with Gasteiger partial charge in [0.15, 0.2) is 0 Å². The van der Waals surface area contributed by atoms with Gasteiger partial charge in [0.25, 0.3) is 0 Å². The van der Waals surface area contributed by atoms with E-state index in [1.54, 1.807) is 0 Å². The van der Waals surface area contributed by atoms with Crippen LogP contribution in [0.1, 0.15) is 18.1 Å². The monoisotopic (exact) mass is 323 g/mol. The lowest BCUT2D eigenvalue weighted by atomic mass is 10.1. The third-order valence-electron chi connectivity index (χ3n) is 4.66. The molecule has 1 aliphatic heterocycles. The number of anilines is 2. The van der Waals surface area contributed by atoms with Crippen LogP contribution in [0, 0.1) is 6.92 Å². The van der Waals surface area contributed by atoms with Crippen molar-refractivity contribution in [3.63, 3.8) is 0 Å². The Labute approximate surface area is 144 Å². The summed E-state index contributed by atoms with van der Waals surface area (Å²) in [5, 5.41) is 3.02. The lowest BCUT2D eigenvalue weighted by Crippen LogP contribution is -2.50. The van der Waals surface area contributed by atoms with Crippen molar-refractivity contribution in [1.82, 2.24) is 4.90 Å². The highest BCUT2D eigenvalue weighted by Gasteiger charge is 2.21. The molecule has 4 nitrogen and oxygen atoms in total. The molecule has 24 heavy (non-hydrogen) atoms. The van der Waals surface area contributed by atoms with Gasteiger partial charge < -0.3 is 15.1 Å². The van der Waals surface area contributed by atoms with E-state index in [4.69, 9.17) is 0 Å². The average Bonchev–Trinajstić information content (AvgIpc) is 2.64. The van der Waals surface area contributed by atoms with Crippen LogP contribution in [0.5, 0.6) is 0 Å². The van der Waals surface area contributed by atoms with Crippen LogP contribution in [0.25, 0.3) is 0 Å². The van der Waals surface area contributed by atoms with Crippen LogP contribution in [0.3, 0.4) is 0 Å². The summed E-state index contributed by atoms with van der Waals surface area (Å²) >= 11 is 0. The van der Waals surface area contributed by atoms with Gasteiger partial charge in [0.05, 0.1) is 0 Å². The smallest absolute Gasteiger partial charge is 0.321 e. The van der Waals surface area contributed by atoms with E-state index in [2.05, 4.69) is 41.4 Å². The highest BCUT2D eigenvalue weighted by Crippen LogP contribution is 2.19. The van der Waals surface area contributed by atoms with Crippen molar-refractivity contribution in [2.75, 3.05) is 36.4 Å². The Hall–Kier alpha value is -2.49. The summed E-state index contributed by atoms with van der Waals surface area (Å²) in [6.45, 7) is 7.40. The third kappa shape index (κ3) is 3.70. The molecule has 0 bridgehead atoms. The maximum atomic E-state index is 12.4. The standard InChI is InChI=1S/C20H25N3O/c1-3-17-8-10-18(11-9-17)22-12-14-23(15-13-22)20(24)21-19-7-5-4-6-16(19)2/h4-11H,3,12-15H2,1-2H3,(H,21,24). The van der Waals surface area contributed by atoms with E-state index in [0.29, 0.717) is 0 Å². The number of benzene rings is 2. The second-order valence-corrected chi connectivity index (χ2v) is 6.24. The van der Waals surface area contributed by atoms with E-state index in [9.17, 15) is 4.79 Å². The molecular weight excluding hydrogens is 298 g/mol. The molecule has 3 rings (SSSR count). The first-order valence-corrected chi connectivity index (χ1v) is 8.63. The first-order chi connectivity index (χ1) is 11.7. The van der Waals surface area contributed by atoms with Gasteiger partial charge in [0.1, 0.15) is 0 Å². The van der Waals surface area contributed by atoms with Crippen LogP contribution in [0.4, 0.5) is 16.2 Å². The quantitative estimate of drug-likeness (QED) is 0.929. The molecule has 0 aromatic heterocycles. The molecular formula is C20H25N3O. The first kappa shape index (κ1) is 16.4. The predicted molar refractivity (Wildman–Crippen MR) is 99.8 cm³/mol. The van der Waals surface area contributed by atoms with Crippen molar-refractivity contribution in [2.45, 2.75) is 20.3 Å². The molecule has 0 unspecified atom stereocenters. The zero-order valence-electron chi connectivity index (χ0n) is 14.5. The van der Waals surface area contributed by atoms with Crippen molar-refractivity contribution in [1.29, 1.82) is 0 Å². The number of rotatable bonds is 3. The first-order valence-electron chi connectivity index (χ1n) is 8.63. The number of hydrogen-bond donors (Lipinski definition) is 1. The average molecular weight is 323 g/mol. The summed E-state index contributed by atoms with van der Waals surface area (Å²) in [4.78, 5) is 16.7. The van der Waals surface area contributed by atoms with Crippen molar-refractivity contribution >= 4 is 17.4 Å². The van der Waals surface area contributed by atoms with Gasteiger partial charge in [-0.15, -0.1) is 0 Å². The Morgan fingerprint density at radius 2 is 1.67 bits per heavy atom. The minimum absolute atomic E-state index is 0.00900. The Kier molecular flexibility index (Phi) is 5.04. The van der Waals surface area contributed by atoms with Crippen LogP contribution in [-0.2, 0) is 6.42 Å². The highest BCUT2D eigenvalue weighted by molar-refractivity contribution is 5.90. The van der Waals surface area contributed by atoms with E-state index in [-0.39, 0.29) is 6.03 Å². The number of urea groups is 1. The van der Waals surface area contributed by atoms with Crippen LogP contribution in [-0.4, -0.2) is 37.1 Å². The fourth-order valence-electron chi connectivity index (χ4n) is 3.02. The van der Waals surface area contributed by atoms with E-state index in [1.807, 2.05) is 36.1 Å². The largest absolute Gasteiger partial charge is 0.368 e. The fourth-order valence-corrected chi connectivity index (χ4v) is 3.02. The molecule has 0 radical (unpaired) electrons. The van der Waals surface area contributed by atoms with E-state index in [0.717, 1.165) is 43.9 Å². The molecule has 1 heterocycles. The Bertz CT molecular complexity index is 688. The summed E-state index contributed by atoms with van der Waals surface area (Å²) in [7, 11) is 0. The number of hydrogen-bond acceptors (Lipinski definition) is 2. The number of aryl methyl sites for hydroxylation is 2. The molecule has 0 spiro atoms. The van der Waals surface area contributed by atoms with Crippen LogP contribution in [0.15, 0.2) is 48.5 Å². The van der Waals surface area contributed by atoms with Crippen LogP contribution < -0.4 is 10.2 Å². The lowest BCUT2D eigenvalue weighted by molar-refractivity contribution is 0.208. The number of nitrogens with zero attached hydrogens (tertiary/aromatic N) is 2. The molecule has 1 saturated heterocycles. The molecule has 2 aromatic rings. The van der Waals surface area contributed by atoms with Gasteiger partial charge in [0.2, 0.25) is 0 Å². The van der Waals surface area contributed by atoms with Crippen molar-refractivity contribution in [3.8, 4) is 0 Å². The van der Waals surface area contributed by atoms with Crippen LogP contribution in [0.2, 0.25) is 0 Å². The summed E-state index contributed by atoms with van der Waals surface area (Å²) in [5.41, 5.74) is 4.57. The number of para-hydroxylation sites is 1. The summed E-state index contributed by atoms with van der Waals surface area (Å²) in [6.07, 6.45) is 1.06. The lowest BCUT2D eigenvalue weighted by Gasteiger charge is -2.36. The maximum absolute atomic E-state index is 12.4. The SMILES string of the molecule is CCc1ccc(N2CCN(C(=O)Nc3ccccc3C)CC2)cc1. The van der Waals surface area contributed by atoms with Gasteiger partial charge in [-0.1, -0.05) is 37.3 Å². The van der Waals surface area contributed by atoms with Crippen molar-refractivity contribution < 1.29 is 4.79 Å². The minimum Gasteiger partial charge on any atom is -0.368 e. The number of nitrogens with one attached hydrogen (secondary N) is 1. The molecule has 1 fully saturated rings. The Balaban J connectivity index is 1.56. The van der Waals surface area contributed by atoms with E-state index in [1.165, 1.54) is 11.3 Å². The maximum Gasteiger partial charge on any atom is 0.321 e. The van der Waals surface area contributed by atoms with E-state index >= 15 is 0 Å². The highest BCUT2D eigenvalue weighted by atomic mass is 16.2. The number of piperazine rings is 1. The van der Waals surface area contributed by atoms with Gasteiger partial charge >= 0.3 is 6.03 Å². The zero-order valence-corrected chi connectivity index (χ0v) is 14.5. The molecule has 0 aliphatic carbocycles. The molecule has 1 aliphatic rings. The molecule has 0 atom stereocenters. The van der Waals surface area contributed by atoms with Gasteiger partial charge in [0, 0.05) is 37.6 Å². The van der Waals surface area contributed by atoms with Crippen molar-refractivity contribution in [2.24, 2.45) is 0 Å². The van der Waals surface area contributed by atoms with Gasteiger partial charge in [-0.3, -0.25) is 0 Å². The minimum atomic E-state index is -0.00900. The summed E-state index contributed by atoms with van der Waals surface area (Å²) in [5.74, 6) is 0. The molecule has 1 N–H and O–H groups in total. The molecule has 2 amide bonds. The molecule has 2 aromatic carbocycles. The Morgan fingerprint density at radius 1 is 1.00 bits per heavy atom. The van der Waals surface area contributed by atoms with E-state index < -0.39 is 0 Å². The third-order valence-corrected chi connectivity index (χ3v) is 4.66. The second kappa shape index (κ2) is 7.39. The van der Waals surface area contributed by atoms with Crippen LogP contribution >= 0.6 is 0 Å². The molecule has 0 saturated carbocycles. The zero-order chi connectivity index (χ0) is 16.9. The topological polar surface area (TPSA) is 35.6 Å². The number of carbonyl (C=O) groups excluding carboxylic acids is 1. The number of carbonyl (C=O) groups is 1. The predicted octanol–water partition coefficient (Wildman–Crippen LogP) is 3.91. The fraction of sp³-hybridized carbons (Fsp3) is 0.350. The van der Waals surface area contributed by atoms with Crippen molar-refractivity contribution in [3.05, 3.63) is 59.7 Å². The summed E-state index contributed by atoms with van der Waals surface area (Å²) < 4.78 is 0. The molecule has 4 heteroatoms. The number of amides is 2. The van der Waals surface area contributed by atoms with Gasteiger partial charge in [-0.2, -0.15) is 0 Å². The normalized spacial score (nSPS) is 14.6. The van der Waals surface area contributed by atoms with Gasteiger partial charge in [-0.05, 0) is 42.7 Å². The van der Waals surface area contributed by atoms with Gasteiger partial charge in [-0.25, -0.2) is 4.79 Å². The second-order valence-electron chi connectivity index (χ2n) is 6.24. The summed E-state index contributed by atoms with van der Waals surface area (Å²) in [6, 6.07) is 16.6. The molecule has 126 valence electrons.